The molecule has 0 N–H and O–H groups in total. The van der Waals surface area contributed by atoms with E-state index in [0.717, 1.165) is 4.90 Å². The molecule has 0 saturated heterocycles. The van der Waals surface area contributed by atoms with Gasteiger partial charge in [-0.3, -0.25) is 4.79 Å². The first-order valence-corrected chi connectivity index (χ1v) is 11.9. The van der Waals surface area contributed by atoms with Crippen molar-refractivity contribution in [1.82, 2.24) is 0 Å². The number of amides is 1. The van der Waals surface area contributed by atoms with Crippen LogP contribution in [0.3, 0.4) is 0 Å². The zero-order chi connectivity index (χ0) is 27.1. The van der Waals surface area contributed by atoms with Crippen molar-refractivity contribution >= 4 is 21.4 Å². The topological polar surface area (TPSA) is 54.5 Å². The van der Waals surface area contributed by atoms with Crippen LogP contribution in [0.2, 0.25) is 0 Å². The maximum absolute atomic E-state index is 13.3. The predicted octanol–water partition coefficient (Wildman–Crippen LogP) is 6.50. The zero-order valence-corrected chi connectivity index (χ0v) is 20.1. The van der Waals surface area contributed by atoms with Crippen molar-refractivity contribution in [2.45, 2.75) is 41.4 Å². The van der Waals surface area contributed by atoms with Crippen LogP contribution in [0, 0.1) is 0 Å². The van der Waals surface area contributed by atoms with Crippen molar-refractivity contribution in [3.05, 3.63) is 89.5 Å². The number of carbonyl (C=O) groups excluding carboxylic acids is 1. The summed E-state index contributed by atoms with van der Waals surface area (Å²) in [6.45, 7) is 2.44. The third-order valence-electron chi connectivity index (χ3n) is 5.74. The van der Waals surface area contributed by atoms with E-state index >= 15 is 0 Å². The number of likely N-dealkylation sites (N-methyl/N-ethyl adjacent to an activating group) is 1. The highest BCUT2D eigenvalue weighted by Gasteiger charge is 2.41. The number of rotatable bonds is 5. The fraction of sp³-hybridized carbons (Fsp3) is 0.240. The van der Waals surface area contributed by atoms with Crippen molar-refractivity contribution in [2.75, 3.05) is 11.9 Å². The molecule has 0 aliphatic rings. The Morgan fingerprint density at radius 2 is 1.11 bits per heavy atom. The lowest BCUT2D eigenvalue weighted by Crippen LogP contribution is -2.41. The summed E-state index contributed by atoms with van der Waals surface area (Å²) in [6.07, 6.45) is -10.1. The first-order chi connectivity index (χ1) is 16.5. The Morgan fingerprint density at radius 3 is 1.56 bits per heavy atom. The number of sulfone groups is 1. The molecule has 0 bridgehead atoms. The predicted molar refractivity (Wildman–Crippen MR) is 121 cm³/mol. The van der Waals surface area contributed by atoms with Gasteiger partial charge in [0.15, 0.2) is 0 Å². The fourth-order valence-electron chi connectivity index (χ4n) is 3.56. The number of carbonyl (C=O) groups is 1. The first kappa shape index (κ1) is 27.3. The molecule has 1 amide bonds. The first-order valence-electron chi connectivity index (χ1n) is 10.4. The van der Waals surface area contributed by atoms with Crippen LogP contribution in [0.1, 0.15) is 30.5 Å². The highest BCUT2D eigenvalue weighted by atomic mass is 32.2. The Kier molecular flexibility index (Phi) is 7.02. The summed E-state index contributed by atoms with van der Waals surface area (Å²) in [4.78, 5) is 14.3. The molecule has 0 spiro atoms. The van der Waals surface area contributed by atoms with Gasteiger partial charge in [0.1, 0.15) is 0 Å². The summed E-state index contributed by atoms with van der Waals surface area (Å²) in [6, 6.07) is 13.9. The van der Waals surface area contributed by atoms with Crippen LogP contribution in [-0.4, -0.2) is 21.4 Å². The Bertz CT molecular complexity index is 1330. The Morgan fingerprint density at radius 1 is 0.694 bits per heavy atom. The van der Waals surface area contributed by atoms with Crippen LogP contribution in [0.4, 0.5) is 32.0 Å². The van der Waals surface area contributed by atoms with E-state index in [-0.39, 0.29) is 21.5 Å². The van der Waals surface area contributed by atoms with E-state index in [4.69, 9.17) is 0 Å². The molecule has 0 unspecified atom stereocenters. The highest BCUT2D eigenvalue weighted by molar-refractivity contribution is 7.91. The van der Waals surface area contributed by atoms with Crippen molar-refractivity contribution in [3.8, 4) is 0 Å². The van der Waals surface area contributed by atoms with Crippen LogP contribution >= 0.6 is 0 Å². The van der Waals surface area contributed by atoms with E-state index in [1.165, 1.54) is 57.3 Å². The van der Waals surface area contributed by atoms with Crippen LogP contribution < -0.4 is 4.90 Å². The Balaban J connectivity index is 1.96. The molecule has 3 aromatic carbocycles. The van der Waals surface area contributed by atoms with Gasteiger partial charge in [-0.05, 0) is 74.0 Å². The number of nitrogens with zero attached hydrogens (tertiary/aromatic N) is 1. The summed E-state index contributed by atoms with van der Waals surface area (Å²) in [7, 11) is -2.53. The summed E-state index contributed by atoms with van der Waals surface area (Å²) in [5.74, 6) is -0.798. The monoisotopic (exact) mass is 529 g/mol. The molecule has 0 aromatic heterocycles. The zero-order valence-electron chi connectivity index (χ0n) is 19.3. The number of hydrogen-bond acceptors (Lipinski definition) is 3. The second kappa shape index (κ2) is 9.27. The maximum atomic E-state index is 13.3. The van der Waals surface area contributed by atoms with Gasteiger partial charge in [-0.25, -0.2) is 8.42 Å². The molecule has 0 aliphatic heterocycles. The van der Waals surface area contributed by atoms with Crippen molar-refractivity contribution in [2.24, 2.45) is 0 Å². The Hall–Kier alpha value is -3.34. The molecule has 4 nitrogen and oxygen atoms in total. The summed E-state index contributed by atoms with van der Waals surface area (Å²) in [5.41, 5.74) is -5.10. The molecule has 0 aliphatic carbocycles. The van der Waals surface area contributed by atoms with Gasteiger partial charge in [0.05, 0.1) is 26.3 Å². The van der Waals surface area contributed by atoms with Crippen LogP contribution in [-0.2, 0) is 32.4 Å². The van der Waals surface area contributed by atoms with Gasteiger partial charge in [-0.15, -0.1) is 0 Å². The van der Waals surface area contributed by atoms with Gasteiger partial charge in [0, 0.05) is 12.7 Å². The molecule has 3 rings (SSSR count). The van der Waals surface area contributed by atoms with Crippen LogP contribution in [0.25, 0.3) is 0 Å². The molecule has 3 aromatic rings. The molecule has 192 valence electrons. The summed E-state index contributed by atoms with van der Waals surface area (Å²) in [5, 5.41) is 0. The van der Waals surface area contributed by atoms with E-state index in [9.17, 15) is 39.6 Å². The van der Waals surface area contributed by atoms with E-state index in [2.05, 4.69) is 0 Å². The molecular formula is C25H21F6NO3S. The lowest BCUT2D eigenvalue weighted by molar-refractivity contribution is -0.143. The largest absolute Gasteiger partial charge is 0.416 e. The van der Waals surface area contributed by atoms with Gasteiger partial charge in [0.25, 0.3) is 0 Å². The van der Waals surface area contributed by atoms with Gasteiger partial charge < -0.3 is 4.90 Å². The molecule has 0 heterocycles. The molecule has 0 saturated carbocycles. The average Bonchev–Trinajstić information content (AvgIpc) is 2.82. The molecule has 36 heavy (non-hydrogen) atoms. The minimum absolute atomic E-state index is 0.000328. The fourth-order valence-corrected chi connectivity index (χ4v) is 4.84. The van der Waals surface area contributed by atoms with Crippen LogP contribution in [0.5, 0.6) is 0 Å². The van der Waals surface area contributed by atoms with Crippen molar-refractivity contribution in [1.29, 1.82) is 0 Å². The van der Waals surface area contributed by atoms with Gasteiger partial charge in [0.2, 0.25) is 15.7 Å². The second-order valence-electron chi connectivity index (χ2n) is 8.59. The van der Waals surface area contributed by atoms with E-state index in [1.54, 1.807) is 18.2 Å². The third-order valence-corrected chi connectivity index (χ3v) is 7.52. The normalized spacial score (nSPS) is 12.9. The van der Waals surface area contributed by atoms with Crippen molar-refractivity contribution in [3.63, 3.8) is 0 Å². The number of anilines is 1. The number of alkyl halides is 6. The molecule has 0 fully saturated rings. The minimum atomic E-state index is -5.05. The molecule has 0 radical (unpaired) electrons. The molecular weight excluding hydrogens is 508 g/mol. The highest BCUT2D eigenvalue weighted by Crippen LogP contribution is 2.39. The van der Waals surface area contributed by atoms with Crippen molar-refractivity contribution < 1.29 is 39.6 Å². The van der Waals surface area contributed by atoms with Gasteiger partial charge in [-0.2, -0.15) is 26.3 Å². The number of halogens is 6. The average molecular weight is 530 g/mol. The summed E-state index contributed by atoms with van der Waals surface area (Å²) < 4.78 is 105. The maximum Gasteiger partial charge on any atom is 0.416 e. The van der Waals surface area contributed by atoms with Gasteiger partial charge >= 0.3 is 12.4 Å². The lowest BCUT2D eigenvalue weighted by Gasteiger charge is -2.31. The second-order valence-corrected chi connectivity index (χ2v) is 10.5. The SMILES string of the molecule is CN(C(=O)C(C)(C)c1cc(C(F)(F)F)cc(C(F)(F)F)c1)c1ccc(S(=O)(=O)c2ccccc2)cc1. The molecule has 11 heteroatoms. The van der Waals surface area contributed by atoms with E-state index < -0.39 is 50.2 Å². The van der Waals surface area contributed by atoms with Crippen LogP contribution in [0.15, 0.2) is 82.6 Å². The number of hydrogen-bond donors (Lipinski definition) is 0. The number of benzene rings is 3. The lowest BCUT2D eigenvalue weighted by atomic mass is 9.81. The third kappa shape index (κ3) is 5.40. The van der Waals surface area contributed by atoms with Gasteiger partial charge in [-0.1, -0.05) is 18.2 Å². The van der Waals surface area contributed by atoms with E-state index in [0.29, 0.717) is 12.1 Å². The molecule has 0 atom stereocenters. The standard InChI is InChI=1S/C25H21F6NO3S/c1-23(2,16-13-17(24(26,27)28)15-18(14-16)25(29,30)31)22(33)32(3)19-9-11-21(12-10-19)36(34,35)20-7-5-4-6-8-20/h4-15H,1-3H3. The Labute approximate surface area is 204 Å². The smallest absolute Gasteiger partial charge is 0.315 e. The minimum Gasteiger partial charge on any atom is -0.315 e. The summed E-state index contributed by atoms with van der Waals surface area (Å²) >= 11 is 0. The van der Waals surface area contributed by atoms with E-state index in [1.807, 2.05) is 0 Å². The quantitative estimate of drug-likeness (QED) is 0.355.